The van der Waals surface area contributed by atoms with E-state index in [9.17, 15) is 9.59 Å². The fourth-order valence-electron chi connectivity index (χ4n) is 4.49. The Balaban J connectivity index is 1.40. The lowest BCUT2D eigenvalue weighted by Crippen LogP contribution is -2.30. The summed E-state index contributed by atoms with van der Waals surface area (Å²) in [5.41, 5.74) is 2.37. The van der Waals surface area contributed by atoms with Gasteiger partial charge in [0.2, 0.25) is 0 Å². The van der Waals surface area contributed by atoms with Crippen molar-refractivity contribution in [3.05, 3.63) is 76.3 Å². The van der Waals surface area contributed by atoms with Crippen LogP contribution in [0.3, 0.4) is 0 Å². The number of carbonyl (C=O) groups is 1. The molecule has 0 saturated heterocycles. The standard InChI is InChI=1S/C25H25N5O3/c1-33-23-13-7-6-12-19(23)20-14-21(28-27-20)24(31)26-15-22-17-10-4-5-11-18(17)25(32)30(29-22)16-8-2-3-9-16/h4-7,10-14,16H,2-3,8-9,15H2,1H3,(H,26,31)(H,27,28). The van der Waals surface area contributed by atoms with Gasteiger partial charge < -0.3 is 10.1 Å². The van der Waals surface area contributed by atoms with Crippen molar-refractivity contribution in [1.29, 1.82) is 0 Å². The zero-order valence-electron chi connectivity index (χ0n) is 18.4. The second-order valence-corrected chi connectivity index (χ2v) is 8.23. The molecule has 1 fully saturated rings. The van der Waals surface area contributed by atoms with Crippen LogP contribution in [0.15, 0.2) is 59.4 Å². The van der Waals surface area contributed by atoms with E-state index in [0.29, 0.717) is 28.2 Å². The summed E-state index contributed by atoms with van der Waals surface area (Å²) in [6, 6.07) is 16.8. The van der Waals surface area contributed by atoms with Crippen LogP contribution in [-0.2, 0) is 6.54 Å². The molecule has 2 N–H and O–H groups in total. The molecule has 0 unspecified atom stereocenters. The molecule has 1 aliphatic carbocycles. The minimum Gasteiger partial charge on any atom is -0.496 e. The van der Waals surface area contributed by atoms with Gasteiger partial charge >= 0.3 is 0 Å². The number of fused-ring (bicyclic) bond motifs is 1. The summed E-state index contributed by atoms with van der Waals surface area (Å²) in [6.07, 6.45) is 4.12. The van der Waals surface area contributed by atoms with Crippen molar-refractivity contribution >= 4 is 16.7 Å². The van der Waals surface area contributed by atoms with Crippen molar-refractivity contribution in [1.82, 2.24) is 25.3 Å². The summed E-state index contributed by atoms with van der Waals surface area (Å²) >= 11 is 0. The normalized spacial score (nSPS) is 14.0. The number of hydrogen-bond acceptors (Lipinski definition) is 5. The van der Waals surface area contributed by atoms with Gasteiger partial charge in [0.1, 0.15) is 11.4 Å². The number of aromatic amines is 1. The number of para-hydroxylation sites is 1. The van der Waals surface area contributed by atoms with Crippen molar-refractivity contribution in [3.8, 4) is 17.0 Å². The molecule has 2 aromatic carbocycles. The zero-order chi connectivity index (χ0) is 22.8. The molecule has 0 bridgehead atoms. The molecule has 1 amide bonds. The van der Waals surface area contributed by atoms with Crippen molar-refractivity contribution in [2.45, 2.75) is 38.3 Å². The Morgan fingerprint density at radius 3 is 2.64 bits per heavy atom. The van der Waals surface area contributed by atoms with Crippen LogP contribution in [0.4, 0.5) is 0 Å². The Labute approximate surface area is 190 Å². The first-order chi connectivity index (χ1) is 16.2. The number of ether oxygens (including phenoxy) is 1. The van der Waals surface area contributed by atoms with Gasteiger partial charge in [0.15, 0.2) is 0 Å². The molecule has 5 rings (SSSR count). The first-order valence-electron chi connectivity index (χ1n) is 11.1. The van der Waals surface area contributed by atoms with E-state index in [-0.39, 0.29) is 24.1 Å². The van der Waals surface area contributed by atoms with Crippen LogP contribution < -0.4 is 15.6 Å². The number of nitrogens with zero attached hydrogens (tertiary/aromatic N) is 3. The third-order valence-electron chi connectivity index (χ3n) is 6.20. The van der Waals surface area contributed by atoms with E-state index in [1.165, 1.54) is 0 Å². The molecule has 1 saturated carbocycles. The average molecular weight is 444 g/mol. The lowest BCUT2D eigenvalue weighted by atomic mass is 10.1. The van der Waals surface area contributed by atoms with E-state index in [2.05, 4.69) is 20.6 Å². The molecule has 0 radical (unpaired) electrons. The molecule has 4 aromatic rings. The highest BCUT2D eigenvalue weighted by atomic mass is 16.5. The smallest absolute Gasteiger partial charge is 0.274 e. The van der Waals surface area contributed by atoms with Gasteiger partial charge in [-0.25, -0.2) is 4.68 Å². The first kappa shape index (κ1) is 20.9. The fourth-order valence-corrected chi connectivity index (χ4v) is 4.49. The Morgan fingerprint density at radius 1 is 1.12 bits per heavy atom. The number of aromatic nitrogens is 4. The molecule has 0 atom stereocenters. The first-order valence-corrected chi connectivity index (χ1v) is 11.1. The molecular formula is C25H25N5O3. The maximum absolute atomic E-state index is 13.0. The number of carbonyl (C=O) groups excluding carboxylic acids is 1. The summed E-state index contributed by atoms with van der Waals surface area (Å²) in [5.74, 6) is 0.383. The number of rotatable bonds is 6. The Kier molecular flexibility index (Phi) is 5.64. The van der Waals surface area contributed by atoms with Crippen LogP contribution in [0.1, 0.15) is 47.9 Å². The van der Waals surface area contributed by atoms with Gasteiger partial charge in [-0.15, -0.1) is 0 Å². The predicted molar refractivity (Wildman–Crippen MR) is 125 cm³/mol. The number of methoxy groups -OCH3 is 1. The van der Waals surface area contributed by atoms with Crippen LogP contribution in [0.2, 0.25) is 0 Å². The molecule has 8 nitrogen and oxygen atoms in total. The van der Waals surface area contributed by atoms with Gasteiger partial charge in [0.05, 0.1) is 36.5 Å². The number of hydrogen-bond donors (Lipinski definition) is 2. The Morgan fingerprint density at radius 2 is 1.85 bits per heavy atom. The predicted octanol–water partition coefficient (Wildman–Crippen LogP) is 3.84. The molecule has 0 spiro atoms. The van der Waals surface area contributed by atoms with E-state index >= 15 is 0 Å². The second kappa shape index (κ2) is 8.90. The van der Waals surface area contributed by atoms with E-state index in [1.807, 2.05) is 48.5 Å². The second-order valence-electron chi connectivity index (χ2n) is 8.23. The van der Waals surface area contributed by atoms with Crippen LogP contribution in [0, 0.1) is 0 Å². The third kappa shape index (κ3) is 4.00. The lowest BCUT2D eigenvalue weighted by molar-refractivity contribution is 0.0945. The van der Waals surface area contributed by atoms with Crippen molar-refractivity contribution in [2.75, 3.05) is 7.11 Å². The van der Waals surface area contributed by atoms with Gasteiger partial charge in [-0.05, 0) is 37.1 Å². The van der Waals surface area contributed by atoms with Crippen molar-refractivity contribution < 1.29 is 9.53 Å². The summed E-state index contributed by atoms with van der Waals surface area (Å²) in [5, 5.41) is 16.1. The van der Waals surface area contributed by atoms with E-state index in [0.717, 1.165) is 36.6 Å². The number of H-pyrrole nitrogens is 1. The maximum Gasteiger partial charge on any atom is 0.274 e. The van der Waals surface area contributed by atoms with Gasteiger partial charge in [0.25, 0.3) is 11.5 Å². The van der Waals surface area contributed by atoms with Gasteiger partial charge in [-0.1, -0.05) is 43.2 Å². The van der Waals surface area contributed by atoms with Crippen LogP contribution in [0.5, 0.6) is 5.75 Å². The highest BCUT2D eigenvalue weighted by molar-refractivity contribution is 5.94. The van der Waals surface area contributed by atoms with E-state index in [1.54, 1.807) is 17.9 Å². The fraction of sp³-hybridized carbons (Fsp3) is 0.280. The number of nitrogens with one attached hydrogen (secondary N) is 2. The number of benzene rings is 2. The van der Waals surface area contributed by atoms with Crippen LogP contribution in [0.25, 0.3) is 22.0 Å². The summed E-state index contributed by atoms with van der Waals surface area (Å²) in [4.78, 5) is 25.9. The maximum atomic E-state index is 13.0. The SMILES string of the molecule is COc1ccccc1-c1cc(C(=O)NCc2nn(C3CCCC3)c(=O)c3ccccc23)[nH]n1. The molecule has 168 valence electrons. The summed E-state index contributed by atoms with van der Waals surface area (Å²) < 4.78 is 7.01. The Bertz CT molecular complexity index is 1370. The topological polar surface area (TPSA) is 102 Å². The highest BCUT2D eigenvalue weighted by Gasteiger charge is 2.22. The lowest BCUT2D eigenvalue weighted by Gasteiger charge is -2.16. The molecule has 1 aliphatic rings. The molecule has 0 aliphatic heterocycles. The largest absolute Gasteiger partial charge is 0.496 e. The van der Waals surface area contributed by atoms with Crippen LogP contribution in [-0.4, -0.2) is 33.0 Å². The quantitative estimate of drug-likeness (QED) is 0.471. The van der Waals surface area contributed by atoms with Gasteiger partial charge in [-0.3, -0.25) is 14.7 Å². The van der Waals surface area contributed by atoms with Gasteiger partial charge in [0, 0.05) is 10.9 Å². The summed E-state index contributed by atoms with van der Waals surface area (Å²) in [6.45, 7) is 0.204. The molecule has 33 heavy (non-hydrogen) atoms. The molecular weight excluding hydrogens is 418 g/mol. The van der Waals surface area contributed by atoms with Gasteiger partial charge in [-0.2, -0.15) is 10.2 Å². The third-order valence-corrected chi connectivity index (χ3v) is 6.20. The van der Waals surface area contributed by atoms with Crippen molar-refractivity contribution in [2.24, 2.45) is 0 Å². The van der Waals surface area contributed by atoms with Crippen molar-refractivity contribution in [3.63, 3.8) is 0 Å². The number of amides is 1. The average Bonchev–Trinajstić information content (AvgIpc) is 3.56. The minimum atomic E-state index is -0.298. The van der Waals surface area contributed by atoms with Crippen LogP contribution >= 0.6 is 0 Å². The van der Waals surface area contributed by atoms with E-state index < -0.39 is 0 Å². The Hall–Kier alpha value is -3.94. The zero-order valence-corrected chi connectivity index (χ0v) is 18.4. The minimum absolute atomic E-state index is 0.0670. The molecule has 2 heterocycles. The molecule has 2 aromatic heterocycles. The monoisotopic (exact) mass is 443 g/mol. The molecule has 8 heteroatoms. The highest BCUT2D eigenvalue weighted by Crippen LogP contribution is 2.29. The summed E-state index contributed by atoms with van der Waals surface area (Å²) in [7, 11) is 1.60. The van der Waals surface area contributed by atoms with E-state index in [4.69, 9.17) is 4.74 Å².